The van der Waals surface area contributed by atoms with Gasteiger partial charge in [0.15, 0.2) is 5.78 Å². The molecule has 194 valence electrons. The number of nitro benzene ring substituents is 4. The van der Waals surface area contributed by atoms with Crippen molar-refractivity contribution in [2.75, 3.05) is 19.8 Å². The number of aliphatic hydroxyl groups is 3. The smallest absolute Gasteiger partial charge is 0.277 e. The van der Waals surface area contributed by atoms with E-state index in [1.165, 1.54) is 0 Å². The van der Waals surface area contributed by atoms with Crippen LogP contribution in [0, 0.1) is 40.5 Å². The number of hydrogen-bond donors (Lipinski definition) is 3. The fourth-order valence-electron chi connectivity index (χ4n) is 2.13. The molecule has 0 saturated carbocycles. The van der Waals surface area contributed by atoms with E-state index in [2.05, 4.69) is 0 Å². The minimum Gasteiger partial charge on any atom is -0.396 e. The molecular formula is C18H17ClN4O13. The summed E-state index contributed by atoms with van der Waals surface area (Å²) in [5.41, 5.74) is -2.58. The van der Waals surface area contributed by atoms with Gasteiger partial charge in [0.2, 0.25) is 0 Å². The monoisotopic (exact) mass is 532 g/mol. The van der Waals surface area contributed by atoms with Gasteiger partial charge in [-0.05, 0) is 11.6 Å². The number of nitro groups is 4. The van der Waals surface area contributed by atoms with Crippen molar-refractivity contribution in [1.29, 1.82) is 0 Å². The second kappa shape index (κ2) is 15.5. The minimum absolute atomic E-state index is 0.125. The summed E-state index contributed by atoms with van der Waals surface area (Å²) in [6, 6.07) is 5.18. The van der Waals surface area contributed by atoms with Crippen molar-refractivity contribution in [3.63, 3.8) is 0 Å². The van der Waals surface area contributed by atoms with Gasteiger partial charge < -0.3 is 15.3 Å². The number of carbonyl (C=O) groups excluding carboxylic acids is 2. The first-order valence-corrected chi connectivity index (χ1v) is 9.60. The Labute approximate surface area is 204 Å². The number of carbonyl (C=O) groups is 2. The van der Waals surface area contributed by atoms with Crippen LogP contribution in [0.25, 0.3) is 0 Å². The fourth-order valence-corrected chi connectivity index (χ4v) is 2.24. The average Bonchev–Trinajstić information content (AvgIpc) is 2.83. The van der Waals surface area contributed by atoms with Gasteiger partial charge in [-0.15, -0.1) is 0 Å². The van der Waals surface area contributed by atoms with Crippen LogP contribution in [-0.2, 0) is 0 Å². The maximum absolute atomic E-state index is 11.4. The Hall–Kier alpha value is -4.45. The number of nitrogens with zero attached hydrogens (tertiary/aromatic N) is 4. The molecule has 18 heteroatoms. The number of ketones is 1. The van der Waals surface area contributed by atoms with Crippen molar-refractivity contribution >= 4 is 45.4 Å². The maximum Gasteiger partial charge on any atom is 0.277 e. The highest BCUT2D eigenvalue weighted by molar-refractivity contribution is 6.67. The molecule has 0 spiro atoms. The van der Waals surface area contributed by atoms with E-state index < -0.39 is 60.1 Å². The van der Waals surface area contributed by atoms with E-state index in [0.29, 0.717) is 0 Å². The maximum atomic E-state index is 11.4. The van der Waals surface area contributed by atoms with Crippen LogP contribution in [-0.4, -0.2) is 65.9 Å². The second-order valence-corrected chi connectivity index (χ2v) is 6.47. The van der Waals surface area contributed by atoms with Crippen LogP contribution in [0.2, 0.25) is 0 Å². The normalized spacial score (nSPS) is 9.56. The first-order valence-electron chi connectivity index (χ1n) is 9.22. The molecule has 0 heterocycles. The molecule has 2 aromatic carbocycles. The number of halogens is 1. The number of aliphatic hydroxyl groups excluding tert-OH is 3. The van der Waals surface area contributed by atoms with Gasteiger partial charge in [0.25, 0.3) is 28.0 Å². The first kappa shape index (κ1) is 31.6. The zero-order valence-electron chi connectivity index (χ0n) is 17.9. The van der Waals surface area contributed by atoms with Crippen molar-refractivity contribution in [1.82, 2.24) is 0 Å². The zero-order chi connectivity index (χ0) is 28.0. The van der Waals surface area contributed by atoms with E-state index in [9.17, 15) is 50.0 Å². The summed E-state index contributed by atoms with van der Waals surface area (Å²) in [7, 11) is 0. The summed E-state index contributed by atoms with van der Waals surface area (Å²) in [5, 5.41) is 64.7. The molecule has 0 radical (unpaired) electrons. The number of rotatable bonds is 9. The third-order valence-electron chi connectivity index (χ3n) is 3.64. The summed E-state index contributed by atoms with van der Waals surface area (Å²) >= 11 is 5.07. The lowest BCUT2D eigenvalue weighted by Crippen LogP contribution is -2.04. The van der Waals surface area contributed by atoms with Crippen molar-refractivity contribution in [3.05, 3.63) is 88.0 Å². The molecule has 0 atom stereocenters. The van der Waals surface area contributed by atoms with E-state index in [-0.39, 0.29) is 30.8 Å². The second-order valence-electron chi connectivity index (χ2n) is 6.12. The Bertz CT molecular complexity index is 1040. The highest BCUT2D eigenvalue weighted by atomic mass is 35.5. The van der Waals surface area contributed by atoms with Crippen LogP contribution in [0.5, 0.6) is 0 Å². The van der Waals surface area contributed by atoms with E-state index in [0.717, 1.165) is 36.4 Å². The Morgan fingerprint density at radius 2 is 0.917 bits per heavy atom. The lowest BCUT2D eigenvalue weighted by atomic mass is 10.1. The molecule has 0 aliphatic heterocycles. The Morgan fingerprint density at radius 3 is 1.14 bits per heavy atom. The number of non-ortho nitro benzene ring substituents is 4. The molecule has 0 aliphatic carbocycles. The lowest BCUT2D eigenvalue weighted by Gasteiger charge is -1.99. The van der Waals surface area contributed by atoms with E-state index in [1.807, 2.05) is 0 Å². The molecule has 0 fully saturated rings. The SMILES string of the molecule is O=C(CCO)c1cc([N+](=O)[O-])cc([N+](=O)[O-])c1.O=C(Cl)c1cc([N+](=O)[O-])cc([N+](=O)[O-])c1.OCCO. The summed E-state index contributed by atoms with van der Waals surface area (Å²) in [6.45, 7) is -0.671. The number of hydrogen-bond acceptors (Lipinski definition) is 13. The highest BCUT2D eigenvalue weighted by Gasteiger charge is 2.20. The lowest BCUT2D eigenvalue weighted by molar-refractivity contribution is -0.394. The molecule has 0 aromatic heterocycles. The molecule has 2 rings (SSSR count). The van der Waals surface area contributed by atoms with E-state index in [4.69, 9.17) is 26.9 Å². The van der Waals surface area contributed by atoms with Crippen molar-refractivity contribution in [2.24, 2.45) is 0 Å². The van der Waals surface area contributed by atoms with E-state index in [1.54, 1.807) is 0 Å². The molecular weight excluding hydrogens is 516 g/mol. The number of benzene rings is 2. The average molecular weight is 533 g/mol. The van der Waals surface area contributed by atoms with Gasteiger partial charge in [-0.3, -0.25) is 50.0 Å². The van der Waals surface area contributed by atoms with Crippen molar-refractivity contribution in [2.45, 2.75) is 6.42 Å². The fraction of sp³-hybridized carbons (Fsp3) is 0.222. The van der Waals surface area contributed by atoms with Crippen LogP contribution < -0.4 is 0 Å². The van der Waals surface area contributed by atoms with E-state index >= 15 is 0 Å². The summed E-state index contributed by atoms with van der Waals surface area (Å²) in [6.07, 6.45) is -0.238. The summed E-state index contributed by atoms with van der Waals surface area (Å²) in [4.78, 5) is 60.6. The van der Waals surface area contributed by atoms with Crippen LogP contribution in [0.1, 0.15) is 27.1 Å². The summed E-state index contributed by atoms with van der Waals surface area (Å²) < 4.78 is 0. The van der Waals surface area contributed by atoms with Crippen LogP contribution >= 0.6 is 11.6 Å². The molecule has 0 bridgehead atoms. The quantitative estimate of drug-likeness (QED) is 0.180. The van der Waals surface area contributed by atoms with Gasteiger partial charge in [0, 0.05) is 41.8 Å². The minimum atomic E-state index is -0.984. The Kier molecular flexibility index (Phi) is 13.5. The summed E-state index contributed by atoms with van der Waals surface area (Å²) in [5.74, 6) is -0.584. The molecule has 0 amide bonds. The molecule has 17 nitrogen and oxygen atoms in total. The Morgan fingerprint density at radius 1 is 0.611 bits per heavy atom. The topological polar surface area (TPSA) is 267 Å². The third-order valence-corrected chi connectivity index (χ3v) is 3.85. The molecule has 3 N–H and O–H groups in total. The van der Waals surface area contributed by atoms with Gasteiger partial charge >= 0.3 is 0 Å². The largest absolute Gasteiger partial charge is 0.396 e. The number of Topliss-reactive ketones (excluding diaryl/α,β-unsaturated/α-hetero) is 1. The molecule has 0 saturated heterocycles. The van der Waals surface area contributed by atoms with Gasteiger partial charge in [0.05, 0.1) is 51.6 Å². The highest BCUT2D eigenvalue weighted by Crippen LogP contribution is 2.24. The van der Waals surface area contributed by atoms with Gasteiger partial charge in [0.1, 0.15) is 0 Å². The van der Waals surface area contributed by atoms with Crippen LogP contribution in [0.15, 0.2) is 36.4 Å². The molecule has 36 heavy (non-hydrogen) atoms. The van der Waals surface area contributed by atoms with Crippen LogP contribution in [0.4, 0.5) is 22.7 Å². The van der Waals surface area contributed by atoms with Crippen molar-refractivity contribution < 1.29 is 44.6 Å². The standard InChI is InChI=1S/C9H8N2O6.C7H3ClN2O5.C2H6O2/c12-2-1-9(13)6-3-7(10(14)15)5-8(4-6)11(16)17;8-7(11)4-1-5(9(12)13)3-6(2-4)10(14)15;3-1-2-4/h3-5,12H,1-2H2;1-3H;3-4H,1-2H2. The Balaban J connectivity index is 0.000000596. The van der Waals surface area contributed by atoms with Crippen molar-refractivity contribution in [3.8, 4) is 0 Å². The molecule has 0 unspecified atom stereocenters. The predicted molar refractivity (Wildman–Crippen MR) is 120 cm³/mol. The zero-order valence-corrected chi connectivity index (χ0v) is 18.6. The first-order chi connectivity index (χ1) is 16.8. The third kappa shape index (κ3) is 10.7. The van der Waals surface area contributed by atoms with Gasteiger partial charge in [-0.1, -0.05) is 0 Å². The van der Waals surface area contributed by atoms with Gasteiger partial charge in [-0.25, -0.2) is 0 Å². The van der Waals surface area contributed by atoms with Crippen LogP contribution in [0.3, 0.4) is 0 Å². The molecule has 2 aromatic rings. The molecule has 0 aliphatic rings. The predicted octanol–water partition coefficient (Wildman–Crippen LogP) is 1.92. The van der Waals surface area contributed by atoms with Gasteiger partial charge in [-0.2, -0.15) is 0 Å².